The lowest BCUT2D eigenvalue weighted by Crippen LogP contribution is -2.30. The summed E-state index contributed by atoms with van der Waals surface area (Å²) in [5.41, 5.74) is 9.23. The van der Waals surface area contributed by atoms with Gasteiger partial charge in [0.2, 0.25) is 11.5 Å². The molecule has 2 amide bonds. The summed E-state index contributed by atoms with van der Waals surface area (Å²) in [4.78, 5) is 14.5. The quantitative estimate of drug-likeness (QED) is 0.455. The zero-order valence-electron chi connectivity index (χ0n) is 10.4. The minimum Gasteiger partial charge on any atom is -0.377 e. The number of anilines is 1. The van der Waals surface area contributed by atoms with E-state index >= 15 is 0 Å². The number of halogens is 1. The van der Waals surface area contributed by atoms with Crippen LogP contribution in [0.1, 0.15) is 5.69 Å². The van der Waals surface area contributed by atoms with Crippen molar-refractivity contribution in [1.29, 1.82) is 0 Å². The fourth-order valence-corrected chi connectivity index (χ4v) is 1.54. The van der Waals surface area contributed by atoms with Crippen molar-refractivity contribution in [2.24, 2.45) is 10.8 Å². The van der Waals surface area contributed by atoms with Crippen LogP contribution in [0.4, 0.5) is 10.5 Å². The summed E-state index contributed by atoms with van der Waals surface area (Å²) in [6.07, 6.45) is 1.71. The molecule has 102 valence electrons. The molecule has 0 fully saturated rings. The first-order valence-corrected chi connectivity index (χ1v) is 6.16. The summed E-state index contributed by atoms with van der Waals surface area (Å²) >= 11 is 5.75. The minimum absolute atomic E-state index is 0.178. The number of carbonyl (C=O) groups excluding carboxylic acids is 1. The third kappa shape index (κ3) is 3.96. The van der Waals surface area contributed by atoms with Crippen molar-refractivity contribution >= 4 is 29.2 Å². The normalized spacial score (nSPS) is 10.9. The van der Waals surface area contributed by atoms with E-state index in [0.29, 0.717) is 16.4 Å². The number of nitrogens with one attached hydrogen (secondary N) is 3. The molecule has 0 saturated carbocycles. The van der Waals surface area contributed by atoms with Gasteiger partial charge in [-0.3, -0.25) is 0 Å². The molecule has 1 heterocycles. The van der Waals surface area contributed by atoms with E-state index in [1.807, 2.05) is 12.1 Å². The molecule has 0 saturated heterocycles. The first-order valence-electron chi connectivity index (χ1n) is 5.78. The number of benzene rings is 1. The van der Waals surface area contributed by atoms with Crippen LogP contribution in [0.5, 0.6) is 0 Å². The number of hydrogen-bond donors (Lipinski definition) is 3. The zero-order valence-corrected chi connectivity index (χ0v) is 11.2. The van der Waals surface area contributed by atoms with Gasteiger partial charge >= 0.3 is 6.03 Å². The molecule has 0 radical (unpaired) electrons. The van der Waals surface area contributed by atoms with Crippen LogP contribution >= 0.6 is 11.6 Å². The topological polar surface area (TPSA) is 93.6 Å². The second-order valence-electron chi connectivity index (χ2n) is 3.85. The van der Waals surface area contributed by atoms with Gasteiger partial charge in [-0.2, -0.15) is 0 Å². The third-order valence-electron chi connectivity index (χ3n) is 2.37. The van der Waals surface area contributed by atoms with Gasteiger partial charge in [0.15, 0.2) is 6.20 Å². The van der Waals surface area contributed by atoms with E-state index in [9.17, 15) is 4.79 Å². The zero-order chi connectivity index (χ0) is 14.4. The summed E-state index contributed by atoms with van der Waals surface area (Å²) < 4.78 is 0. The molecule has 2 aromatic rings. The Morgan fingerprint density at radius 2 is 1.95 bits per heavy atom. The standard InChI is InChI=1S/C13H12ClN5O/c14-9-4-6-10(7-5-9)17-13(20)19-18-12(15)11-3-1-2-8-16-11/h1-8H,(H2,15,18)(H2,17,19,20)/p+1. The number of amidine groups is 1. The van der Waals surface area contributed by atoms with Crippen LogP contribution in [0.3, 0.4) is 0 Å². The van der Waals surface area contributed by atoms with Crippen molar-refractivity contribution in [3.05, 3.63) is 59.4 Å². The maximum absolute atomic E-state index is 11.6. The van der Waals surface area contributed by atoms with Crippen molar-refractivity contribution < 1.29 is 9.78 Å². The van der Waals surface area contributed by atoms with Gasteiger partial charge in [0, 0.05) is 22.8 Å². The first kappa shape index (κ1) is 13.8. The molecule has 0 aliphatic rings. The van der Waals surface area contributed by atoms with E-state index in [2.05, 4.69) is 20.8 Å². The van der Waals surface area contributed by atoms with Gasteiger partial charge in [0.25, 0.3) is 0 Å². The van der Waals surface area contributed by atoms with E-state index in [1.165, 1.54) is 0 Å². The summed E-state index contributed by atoms with van der Waals surface area (Å²) in [7, 11) is 0. The average Bonchev–Trinajstić information content (AvgIpc) is 2.48. The number of amides is 2. The number of rotatable bonds is 3. The van der Waals surface area contributed by atoms with Gasteiger partial charge in [-0.15, -0.1) is 5.10 Å². The van der Waals surface area contributed by atoms with Crippen LogP contribution < -0.4 is 21.5 Å². The van der Waals surface area contributed by atoms with Crippen molar-refractivity contribution in [3.63, 3.8) is 0 Å². The largest absolute Gasteiger partial charge is 0.377 e. The Balaban J connectivity index is 1.93. The number of nitrogens with two attached hydrogens (primary N) is 1. The van der Waals surface area contributed by atoms with Crippen LogP contribution in [0.2, 0.25) is 5.02 Å². The van der Waals surface area contributed by atoms with Crippen LogP contribution in [-0.2, 0) is 0 Å². The Hall–Kier alpha value is -2.60. The van der Waals surface area contributed by atoms with Gasteiger partial charge in [-0.1, -0.05) is 11.6 Å². The molecular weight excluding hydrogens is 278 g/mol. The highest BCUT2D eigenvalue weighted by molar-refractivity contribution is 6.30. The number of hydrogen-bond acceptors (Lipinski definition) is 2. The Morgan fingerprint density at radius 1 is 1.20 bits per heavy atom. The van der Waals surface area contributed by atoms with Crippen LogP contribution in [0.15, 0.2) is 53.8 Å². The van der Waals surface area contributed by atoms with Crippen LogP contribution in [-0.4, -0.2) is 11.9 Å². The number of aromatic amines is 1. The number of carbonyl (C=O) groups is 1. The third-order valence-corrected chi connectivity index (χ3v) is 2.62. The predicted octanol–water partition coefficient (Wildman–Crippen LogP) is 1.60. The molecule has 6 nitrogen and oxygen atoms in total. The van der Waals surface area contributed by atoms with E-state index < -0.39 is 6.03 Å². The number of H-pyrrole nitrogens is 1. The fraction of sp³-hybridized carbons (Fsp3) is 0. The Morgan fingerprint density at radius 3 is 2.60 bits per heavy atom. The molecule has 0 aliphatic carbocycles. The van der Waals surface area contributed by atoms with Crippen molar-refractivity contribution in [2.45, 2.75) is 0 Å². The highest BCUT2D eigenvalue weighted by Gasteiger charge is 2.06. The van der Waals surface area contributed by atoms with E-state index in [0.717, 1.165) is 0 Å². The number of pyridine rings is 1. The average molecular weight is 291 g/mol. The second kappa shape index (κ2) is 6.53. The van der Waals surface area contributed by atoms with E-state index in [-0.39, 0.29) is 5.84 Å². The smallest absolute Gasteiger partial charge is 0.339 e. The lowest BCUT2D eigenvalue weighted by Gasteiger charge is -2.04. The molecule has 1 aromatic carbocycles. The Bertz CT molecular complexity index is 612. The molecule has 7 heteroatoms. The van der Waals surface area contributed by atoms with Gasteiger partial charge in [0.1, 0.15) is 0 Å². The summed E-state index contributed by atoms with van der Waals surface area (Å²) in [6.45, 7) is 0. The SMILES string of the molecule is NC(=NNC(=O)Nc1ccc(Cl)cc1)c1cccc[nH+]1. The number of hydrazone groups is 1. The first-order chi connectivity index (χ1) is 9.65. The summed E-state index contributed by atoms with van der Waals surface area (Å²) in [5, 5.41) is 6.97. The van der Waals surface area contributed by atoms with Crippen molar-refractivity contribution in [3.8, 4) is 0 Å². The van der Waals surface area contributed by atoms with E-state index in [4.69, 9.17) is 17.3 Å². The second-order valence-corrected chi connectivity index (χ2v) is 4.28. The molecule has 1 aromatic heterocycles. The summed E-state index contributed by atoms with van der Waals surface area (Å²) in [6, 6.07) is 11.6. The number of nitrogens with zero attached hydrogens (tertiary/aromatic N) is 1. The van der Waals surface area contributed by atoms with Crippen LogP contribution in [0, 0.1) is 0 Å². The molecular formula is C13H13ClN5O+. The monoisotopic (exact) mass is 290 g/mol. The lowest BCUT2D eigenvalue weighted by molar-refractivity contribution is -0.380. The lowest BCUT2D eigenvalue weighted by atomic mass is 10.3. The highest BCUT2D eigenvalue weighted by Crippen LogP contribution is 2.12. The summed E-state index contributed by atoms with van der Waals surface area (Å²) in [5.74, 6) is 0.178. The molecule has 0 spiro atoms. The van der Waals surface area contributed by atoms with Crippen molar-refractivity contribution in [2.75, 3.05) is 5.32 Å². The van der Waals surface area contributed by atoms with E-state index in [1.54, 1.807) is 36.5 Å². The number of aromatic nitrogens is 1. The maximum Gasteiger partial charge on any atom is 0.339 e. The molecule has 0 aliphatic heterocycles. The molecule has 5 N–H and O–H groups in total. The van der Waals surface area contributed by atoms with Crippen LogP contribution in [0.25, 0.3) is 0 Å². The maximum atomic E-state index is 11.6. The van der Waals surface area contributed by atoms with Gasteiger partial charge < -0.3 is 11.1 Å². The molecule has 0 bridgehead atoms. The molecule has 2 rings (SSSR count). The Labute approximate surface area is 120 Å². The minimum atomic E-state index is -0.494. The molecule has 0 atom stereocenters. The predicted molar refractivity (Wildman–Crippen MR) is 77.3 cm³/mol. The number of urea groups is 1. The van der Waals surface area contributed by atoms with Gasteiger partial charge in [-0.05, 0) is 30.3 Å². The fourth-order valence-electron chi connectivity index (χ4n) is 1.42. The molecule has 0 unspecified atom stereocenters. The van der Waals surface area contributed by atoms with Crippen molar-refractivity contribution in [1.82, 2.24) is 5.43 Å². The molecule has 20 heavy (non-hydrogen) atoms. The highest BCUT2D eigenvalue weighted by atomic mass is 35.5. The Kier molecular flexibility index (Phi) is 4.52. The van der Waals surface area contributed by atoms with Gasteiger partial charge in [-0.25, -0.2) is 15.2 Å². The van der Waals surface area contributed by atoms with Gasteiger partial charge in [0.05, 0.1) is 0 Å².